The number of rotatable bonds is 6. The smallest absolute Gasteiger partial charge is 0.306 e. The minimum Gasteiger partial charge on any atom is -0.466 e. The van der Waals surface area contributed by atoms with Crippen molar-refractivity contribution in [2.75, 3.05) is 32.8 Å². The van der Waals surface area contributed by atoms with E-state index >= 15 is 0 Å². The van der Waals surface area contributed by atoms with Crippen molar-refractivity contribution in [3.8, 4) is 0 Å². The second-order valence-electron chi connectivity index (χ2n) is 4.98. The average molecular weight is 270 g/mol. The maximum atomic E-state index is 12.0. The molecule has 0 aromatic heterocycles. The highest BCUT2D eigenvalue weighted by Crippen LogP contribution is 2.10. The predicted molar refractivity (Wildman–Crippen MR) is 73.8 cm³/mol. The first-order valence-electron chi connectivity index (χ1n) is 7.25. The molecule has 1 rings (SSSR count). The molecule has 5 nitrogen and oxygen atoms in total. The number of esters is 1. The Kier molecular flexibility index (Phi) is 6.84. The van der Waals surface area contributed by atoms with Gasteiger partial charge in [-0.25, -0.2) is 0 Å². The van der Waals surface area contributed by atoms with E-state index in [1.807, 2.05) is 4.90 Å². The van der Waals surface area contributed by atoms with Crippen LogP contribution < -0.4 is 0 Å². The fourth-order valence-corrected chi connectivity index (χ4v) is 2.27. The number of carbonyl (C=O) groups excluding carboxylic acids is 2. The number of carbonyl (C=O) groups is 2. The van der Waals surface area contributed by atoms with Gasteiger partial charge in [-0.3, -0.25) is 14.5 Å². The summed E-state index contributed by atoms with van der Waals surface area (Å²) in [6.45, 7) is 9.95. The van der Waals surface area contributed by atoms with Crippen molar-refractivity contribution in [1.29, 1.82) is 0 Å². The minimum atomic E-state index is -0.283. The van der Waals surface area contributed by atoms with Gasteiger partial charge in [0.2, 0.25) is 5.91 Å². The Morgan fingerprint density at radius 2 is 1.74 bits per heavy atom. The first kappa shape index (κ1) is 16.0. The van der Waals surface area contributed by atoms with Crippen LogP contribution in [0.5, 0.6) is 0 Å². The Bertz CT molecular complexity index is 299. The minimum absolute atomic E-state index is 0.0665. The van der Waals surface area contributed by atoms with E-state index in [1.54, 1.807) is 6.92 Å². The highest BCUT2D eigenvalue weighted by atomic mass is 16.5. The molecule has 0 aromatic carbocycles. The lowest BCUT2D eigenvalue weighted by molar-refractivity contribution is -0.146. The van der Waals surface area contributed by atoms with Crippen LogP contribution >= 0.6 is 0 Å². The van der Waals surface area contributed by atoms with Crippen LogP contribution in [0.1, 0.15) is 40.0 Å². The van der Waals surface area contributed by atoms with Crippen LogP contribution in [-0.2, 0) is 14.3 Å². The molecule has 1 amide bonds. The number of hydrogen-bond donors (Lipinski definition) is 0. The molecule has 5 heteroatoms. The van der Waals surface area contributed by atoms with Gasteiger partial charge < -0.3 is 9.64 Å². The van der Waals surface area contributed by atoms with Gasteiger partial charge in [-0.15, -0.1) is 0 Å². The van der Waals surface area contributed by atoms with E-state index in [4.69, 9.17) is 4.74 Å². The van der Waals surface area contributed by atoms with Gasteiger partial charge >= 0.3 is 5.97 Å². The summed E-state index contributed by atoms with van der Waals surface area (Å²) < 4.78 is 4.82. The maximum absolute atomic E-state index is 12.0. The maximum Gasteiger partial charge on any atom is 0.306 e. The number of nitrogens with zero attached hydrogens (tertiary/aromatic N) is 2. The van der Waals surface area contributed by atoms with Crippen LogP contribution in [-0.4, -0.2) is 60.5 Å². The SMILES string of the molecule is CCOC(=O)CCC(=O)N1CCN(C(C)CC)CC1. The Balaban J connectivity index is 2.27. The standard InChI is InChI=1S/C14H26N2O3/c1-4-12(3)15-8-10-16(11-9-15)13(17)6-7-14(18)19-5-2/h12H,4-11H2,1-3H3. The fourth-order valence-electron chi connectivity index (χ4n) is 2.27. The lowest BCUT2D eigenvalue weighted by Gasteiger charge is -2.37. The lowest BCUT2D eigenvalue weighted by Crippen LogP contribution is -2.51. The lowest BCUT2D eigenvalue weighted by atomic mass is 10.2. The molecule has 0 bridgehead atoms. The van der Waals surface area contributed by atoms with E-state index in [-0.39, 0.29) is 24.7 Å². The second-order valence-corrected chi connectivity index (χ2v) is 4.98. The summed E-state index contributed by atoms with van der Waals surface area (Å²) in [5.41, 5.74) is 0. The molecule has 0 aliphatic carbocycles. The summed E-state index contributed by atoms with van der Waals surface area (Å²) in [4.78, 5) is 27.4. The van der Waals surface area contributed by atoms with Crippen molar-refractivity contribution in [2.45, 2.75) is 46.1 Å². The van der Waals surface area contributed by atoms with Gasteiger partial charge in [0.15, 0.2) is 0 Å². The Hall–Kier alpha value is -1.10. The van der Waals surface area contributed by atoms with Gasteiger partial charge in [0.25, 0.3) is 0 Å². The molecule has 1 heterocycles. The predicted octanol–water partition coefficient (Wildman–Crippen LogP) is 1.27. The summed E-state index contributed by atoms with van der Waals surface area (Å²) in [5, 5.41) is 0. The third-order valence-corrected chi connectivity index (χ3v) is 3.73. The van der Waals surface area contributed by atoms with Gasteiger partial charge in [0.1, 0.15) is 0 Å². The first-order chi connectivity index (χ1) is 9.08. The summed E-state index contributed by atoms with van der Waals surface area (Å²) in [5.74, 6) is -0.217. The Labute approximate surface area is 115 Å². The highest BCUT2D eigenvalue weighted by molar-refractivity contribution is 5.81. The van der Waals surface area contributed by atoms with Crippen molar-refractivity contribution in [3.05, 3.63) is 0 Å². The largest absolute Gasteiger partial charge is 0.466 e. The molecule has 1 saturated heterocycles. The molecule has 1 unspecified atom stereocenters. The zero-order valence-corrected chi connectivity index (χ0v) is 12.4. The van der Waals surface area contributed by atoms with Gasteiger partial charge in [-0.1, -0.05) is 6.92 Å². The van der Waals surface area contributed by atoms with Crippen molar-refractivity contribution in [1.82, 2.24) is 9.80 Å². The van der Waals surface area contributed by atoms with Crippen LogP contribution in [0.4, 0.5) is 0 Å². The van der Waals surface area contributed by atoms with Crippen molar-refractivity contribution in [3.63, 3.8) is 0 Å². The second kappa shape index (κ2) is 8.15. The molecule has 1 aliphatic rings. The van der Waals surface area contributed by atoms with Gasteiger partial charge in [-0.2, -0.15) is 0 Å². The van der Waals surface area contributed by atoms with Crippen LogP contribution in [0.15, 0.2) is 0 Å². The van der Waals surface area contributed by atoms with Crippen LogP contribution in [0, 0.1) is 0 Å². The summed E-state index contributed by atoms with van der Waals surface area (Å²) in [7, 11) is 0. The van der Waals surface area contributed by atoms with Gasteiger partial charge in [-0.05, 0) is 20.3 Å². The molecule has 1 fully saturated rings. The molecule has 19 heavy (non-hydrogen) atoms. The quantitative estimate of drug-likeness (QED) is 0.682. The molecular formula is C14H26N2O3. The van der Waals surface area contributed by atoms with E-state index in [0.29, 0.717) is 12.6 Å². The molecule has 0 aromatic rings. The zero-order chi connectivity index (χ0) is 14.3. The molecule has 1 atom stereocenters. The average Bonchev–Trinajstić information content (AvgIpc) is 2.44. The van der Waals surface area contributed by atoms with E-state index in [1.165, 1.54) is 0 Å². The number of ether oxygens (including phenoxy) is 1. The van der Waals surface area contributed by atoms with Gasteiger partial charge in [0.05, 0.1) is 13.0 Å². The van der Waals surface area contributed by atoms with Crippen molar-refractivity contribution in [2.24, 2.45) is 0 Å². The van der Waals surface area contributed by atoms with E-state index in [9.17, 15) is 9.59 Å². The van der Waals surface area contributed by atoms with Crippen molar-refractivity contribution < 1.29 is 14.3 Å². The Morgan fingerprint density at radius 1 is 1.11 bits per heavy atom. The summed E-state index contributed by atoms with van der Waals surface area (Å²) in [6, 6.07) is 0.580. The number of amides is 1. The molecular weight excluding hydrogens is 244 g/mol. The Morgan fingerprint density at radius 3 is 2.26 bits per heavy atom. The zero-order valence-electron chi connectivity index (χ0n) is 12.4. The molecule has 110 valence electrons. The number of hydrogen-bond acceptors (Lipinski definition) is 4. The third-order valence-electron chi connectivity index (χ3n) is 3.73. The van der Waals surface area contributed by atoms with Gasteiger partial charge in [0, 0.05) is 38.6 Å². The van der Waals surface area contributed by atoms with Crippen LogP contribution in [0.2, 0.25) is 0 Å². The van der Waals surface area contributed by atoms with E-state index < -0.39 is 0 Å². The monoisotopic (exact) mass is 270 g/mol. The van der Waals surface area contributed by atoms with Crippen molar-refractivity contribution >= 4 is 11.9 Å². The topological polar surface area (TPSA) is 49.9 Å². The van der Waals surface area contributed by atoms with E-state index in [2.05, 4.69) is 18.7 Å². The van der Waals surface area contributed by atoms with Crippen LogP contribution in [0.25, 0.3) is 0 Å². The van der Waals surface area contributed by atoms with Crippen LogP contribution in [0.3, 0.4) is 0 Å². The first-order valence-corrected chi connectivity index (χ1v) is 7.25. The third kappa shape index (κ3) is 5.19. The molecule has 1 aliphatic heterocycles. The fraction of sp³-hybridized carbons (Fsp3) is 0.857. The normalized spacial score (nSPS) is 18.2. The number of piperazine rings is 1. The molecule has 0 radical (unpaired) electrons. The van der Waals surface area contributed by atoms with E-state index in [0.717, 1.165) is 32.6 Å². The summed E-state index contributed by atoms with van der Waals surface area (Å²) >= 11 is 0. The highest BCUT2D eigenvalue weighted by Gasteiger charge is 2.23. The summed E-state index contributed by atoms with van der Waals surface area (Å²) in [6.07, 6.45) is 1.59. The molecule has 0 saturated carbocycles. The molecule has 0 N–H and O–H groups in total. The molecule has 0 spiro atoms.